The van der Waals surface area contributed by atoms with Gasteiger partial charge in [0, 0.05) is 18.2 Å². The van der Waals surface area contributed by atoms with Crippen molar-refractivity contribution in [2.24, 2.45) is 5.92 Å². The van der Waals surface area contributed by atoms with Gasteiger partial charge in [-0.2, -0.15) is 0 Å². The summed E-state index contributed by atoms with van der Waals surface area (Å²) >= 11 is 0. The maximum atomic E-state index is 14.0. The zero-order valence-corrected chi connectivity index (χ0v) is 18.7. The van der Waals surface area contributed by atoms with Gasteiger partial charge in [-0.15, -0.1) is 0 Å². The molecule has 0 saturated heterocycles. The van der Waals surface area contributed by atoms with E-state index in [0.29, 0.717) is 0 Å². The van der Waals surface area contributed by atoms with Crippen LogP contribution in [0.5, 0.6) is 0 Å². The van der Waals surface area contributed by atoms with Crippen LogP contribution in [0.25, 0.3) is 5.69 Å². The molecule has 0 radical (unpaired) electrons. The number of nitrogens with zero attached hydrogens (tertiary/aromatic N) is 3. The van der Waals surface area contributed by atoms with Crippen molar-refractivity contribution in [1.29, 1.82) is 0 Å². The average molecular weight is 444 g/mol. The lowest BCUT2D eigenvalue weighted by Gasteiger charge is -2.38. The summed E-state index contributed by atoms with van der Waals surface area (Å²) in [7, 11) is 0. The van der Waals surface area contributed by atoms with Gasteiger partial charge in [-0.25, -0.2) is 0 Å². The first-order valence-corrected chi connectivity index (χ1v) is 12.1. The van der Waals surface area contributed by atoms with E-state index in [4.69, 9.17) is 4.42 Å². The Morgan fingerprint density at radius 3 is 2.42 bits per heavy atom. The predicted molar refractivity (Wildman–Crippen MR) is 125 cm³/mol. The van der Waals surface area contributed by atoms with Crippen LogP contribution in [0.4, 0.5) is 5.69 Å². The molecule has 0 spiro atoms. The highest BCUT2D eigenvalue weighted by molar-refractivity contribution is 6.00. The summed E-state index contributed by atoms with van der Waals surface area (Å²) in [6.07, 6.45) is 11.0. The topological polar surface area (TPSA) is 58.7 Å². The van der Waals surface area contributed by atoms with Gasteiger partial charge in [-0.05, 0) is 62.1 Å². The average Bonchev–Trinajstić information content (AvgIpc) is 3.32. The van der Waals surface area contributed by atoms with E-state index in [1.54, 1.807) is 6.26 Å². The van der Waals surface area contributed by atoms with Crippen LogP contribution in [0.15, 0.2) is 65.4 Å². The van der Waals surface area contributed by atoms with Crippen molar-refractivity contribution in [3.63, 3.8) is 0 Å². The zero-order valence-electron chi connectivity index (χ0n) is 18.7. The third-order valence-corrected chi connectivity index (χ3v) is 7.33. The van der Waals surface area contributed by atoms with E-state index < -0.39 is 0 Å². The largest absolute Gasteiger partial charge is 0.467 e. The Labute approximate surface area is 193 Å². The predicted octanol–water partition coefficient (Wildman–Crippen LogP) is 5.08. The Morgan fingerprint density at radius 1 is 0.909 bits per heavy atom. The van der Waals surface area contributed by atoms with E-state index in [-0.39, 0.29) is 36.4 Å². The van der Waals surface area contributed by atoms with Gasteiger partial charge in [0.2, 0.25) is 11.8 Å². The first kappa shape index (κ1) is 20.3. The fourth-order valence-electron chi connectivity index (χ4n) is 5.56. The number of aromatic nitrogens is 1. The molecule has 2 aromatic heterocycles. The molecule has 3 aliphatic rings. The van der Waals surface area contributed by atoms with Gasteiger partial charge < -0.3 is 13.9 Å². The molecule has 0 N–H and O–H groups in total. The number of rotatable bonds is 5. The van der Waals surface area contributed by atoms with Crippen LogP contribution >= 0.6 is 0 Å². The van der Waals surface area contributed by atoms with Crippen molar-refractivity contribution in [2.75, 3.05) is 11.4 Å². The Hall–Kier alpha value is -3.28. The van der Waals surface area contributed by atoms with Gasteiger partial charge in [0.05, 0.1) is 23.3 Å². The van der Waals surface area contributed by atoms with Crippen LogP contribution in [0.1, 0.15) is 62.4 Å². The minimum Gasteiger partial charge on any atom is -0.467 e. The molecule has 2 aliphatic carbocycles. The smallest absolute Gasteiger partial charge is 0.247 e. The number of anilines is 1. The minimum atomic E-state index is -0.372. The molecule has 33 heavy (non-hydrogen) atoms. The summed E-state index contributed by atoms with van der Waals surface area (Å²) in [6.45, 7) is 0.117. The van der Waals surface area contributed by atoms with Crippen LogP contribution in [-0.4, -0.2) is 33.9 Å². The van der Waals surface area contributed by atoms with Crippen molar-refractivity contribution < 1.29 is 14.0 Å². The van der Waals surface area contributed by atoms with Crippen LogP contribution in [-0.2, 0) is 9.59 Å². The lowest BCUT2D eigenvalue weighted by atomic mass is 9.88. The molecular formula is C27H29N3O3. The maximum Gasteiger partial charge on any atom is 0.247 e. The van der Waals surface area contributed by atoms with Gasteiger partial charge in [-0.3, -0.25) is 14.5 Å². The second kappa shape index (κ2) is 8.25. The summed E-state index contributed by atoms with van der Waals surface area (Å²) in [4.78, 5) is 31.2. The van der Waals surface area contributed by atoms with Crippen molar-refractivity contribution in [3.8, 4) is 5.69 Å². The van der Waals surface area contributed by atoms with Crippen LogP contribution in [0.2, 0.25) is 0 Å². The van der Waals surface area contributed by atoms with Crippen molar-refractivity contribution in [3.05, 3.63) is 72.4 Å². The maximum absolute atomic E-state index is 14.0. The Kier molecular flexibility index (Phi) is 5.08. The number of carbonyl (C=O) groups is 2. The highest BCUT2D eigenvalue weighted by Crippen LogP contribution is 2.43. The number of hydrogen-bond acceptors (Lipinski definition) is 3. The van der Waals surface area contributed by atoms with Gasteiger partial charge in [0.25, 0.3) is 0 Å². The van der Waals surface area contributed by atoms with Crippen molar-refractivity contribution in [2.45, 2.75) is 57.0 Å². The molecule has 6 rings (SSSR count). The highest BCUT2D eigenvalue weighted by Gasteiger charge is 2.42. The number of furan rings is 1. The lowest BCUT2D eigenvalue weighted by molar-refractivity contribution is -0.140. The molecular weight excluding hydrogens is 414 g/mol. The SMILES string of the molecule is O=C(C1CCCCC1)N(CC(=O)N1c2ccccc2-n2cccc2C1c1ccco1)C1CC1. The van der Waals surface area contributed by atoms with E-state index >= 15 is 0 Å². The van der Waals surface area contributed by atoms with E-state index in [1.807, 2.05) is 64.5 Å². The molecule has 2 saturated carbocycles. The third kappa shape index (κ3) is 3.58. The van der Waals surface area contributed by atoms with Crippen molar-refractivity contribution in [1.82, 2.24) is 9.47 Å². The Balaban J connectivity index is 1.36. The summed E-state index contributed by atoms with van der Waals surface area (Å²) < 4.78 is 7.94. The molecule has 2 fully saturated rings. The molecule has 1 atom stereocenters. The first-order chi connectivity index (χ1) is 16.2. The summed E-state index contributed by atoms with van der Waals surface area (Å²) in [5.41, 5.74) is 2.78. The monoisotopic (exact) mass is 443 g/mol. The molecule has 3 aromatic rings. The second-order valence-electron chi connectivity index (χ2n) is 9.51. The van der Waals surface area contributed by atoms with Crippen molar-refractivity contribution >= 4 is 17.5 Å². The lowest BCUT2D eigenvalue weighted by Crippen LogP contribution is -2.48. The van der Waals surface area contributed by atoms with Gasteiger partial charge in [0.1, 0.15) is 18.3 Å². The summed E-state index contributed by atoms with van der Waals surface area (Å²) in [6, 6.07) is 15.6. The number of amides is 2. The first-order valence-electron chi connectivity index (χ1n) is 12.1. The molecule has 1 unspecified atom stereocenters. The molecule has 6 heteroatoms. The number of carbonyl (C=O) groups excluding carboxylic acids is 2. The number of para-hydroxylation sites is 2. The molecule has 2 amide bonds. The number of hydrogen-bond donors (Lipinski definition) is 0. The number of fused-ring (bicyclic) bond motifs is 3. The van der Waals surface area contributed by atoms with E-state index in [2.05, 4.69) is 4.57 Å². The molecule has 0 bridgehead atoms. The van der Waals surface area contributed by atoms with E-state index in [0.717, 1.165) is 61.4 Å². The standard InChI is InChI=1S/C27H29N3O3/c31-25(18-29(20-14-15-20)27(32)19-8-2-1-3-9-19)30-22-11-5-4-10-21(22)28-16-6-12-23(28)26(30)24-13-7-17-33-24/h4-7,10-13,16-17,19-20,26H,1-3,8-9,14-15,18H2. The van der Waals surface area contributed by atoms with Gasteiger partial charge in [0.15, 0.2) is 0 Å². The van der Waals surface area contributed by atoms with Crippen LogP contribution in [0.3, 0.4) is 0 Å². The second-order valence-corrected chi connectivity index (χ2v) is 9.51. The minimum absolute atomic E-state index is 0.0626. The molecule has 6 nitrogen and oxygen atoms in total. The Bertz CT molecular complexity index is 1160. The quantitative estimate of drug-likeness (QED) is 0.553. The van der Waals surface area contributed by atoms with E-state index in [1.165, 1.54) is 6.42 Å². The third-order valence-electron chi connectivity index (χ3n) is 7.33. The van der Waals surface area contributed by atoms with Gasteiger partial charge in [-0.1, -0.05) is 31.4 Å². The Morgan fingerprint density at radius 2 is 1.70 bits per heavy atom. The van der Waals surface area contributed by atoms with E-state index in [9.17, 15) is 9.59 Å². The normalized spacial score (nSPS) is 20.2. The molecule has 3 heterocycles. The highest BCUT2D eigenvalue weighted by atomic mass is 16.3. The van der Waals surface area contributed by atoms with Gasteiger partial charge >= 0.3 is 0 Å². The molecule has 170 valence electrons. The summed E-state index contributed by atoms with van der Waals surface area (Å²) in [5.74, 6) is 0.898. The fourth-order valence-corrected chi connectivity index (χ4v) is 5.56. The van der Waals surface area contributed by atoms with Crippen LogP contribution < -0.4 is 4.90 Å². The zero-order chi connectivity index (χ0) is 22.4. The van der Waals surface area contributed by atoms with Crippen LogP contribution in [0, 0.1) is 5.92 Å². The molecule has 1 aliphatic heterocycles. The number of benzene rings is 1. The molecule has 1 aromatic carbocycles. The summed E-state index contributed by atoms with van der Waals surface area (Å²) in [5, 5.41) is 0. The fraction of sp³-hybridized carbons (Fsp3) is 0.407.